The third-order valence-electron chi connectivity index (χ3n) is 1.82. The van der Waals surface area contributed by atoms with Crippen molar-refractivity contribution in [2.24, 2.45) is 0 Å². The third kappa shape index (κ3) is 2.84. The van der Waals surface area contributed by atoms with Gasteiger partial charge in [0.15, 0.2) is 6.10 Å². The van der Waals surface area contributed by atoms with Gasteiger partial charge in [0.25, 0.3) is 0 Å². The molecule has 0 spiro atoms. The Labute approximate surface area is 98.1 Å². The molecule has 0 aliphatic rings. The number of aliphatic hydroxyl groups excluding tert-OH is 1. The van der Waals surface area contributed by atoms with Crippen LogP contribution in [0.5, 0.6) is 0 Å². The highest BCUT2D eigenvalue weighted by Gasteiger charge is 2.20. The molecule has 3 nitrogen and oxygen atoms in total. The van der Waals surface area contributed by atoms with Crippen LogP contribution in [0.3, 0.4) is 0 Å². The van der Waals surface area contributed by atoms with E-state index >= 15 is 0 Å². The number of hydrogen-bond donors (Lipinski definition) is 2. The Morgan fingerprint density at radius 3 is 2.47 bits per heavy atom. The molecular weight excluding hydrogens is 237 g/mol. The number of aliphatic hydroxyl groups is 1. The lowest BCUT2D eigenvalue weighted by atomic mass is 10.1. The number of hydrogen-bond acceptors (Lipinski definition) is 3. The van der Waals surface area contributed by atoms with Gasteiger partial charge in [-0.3, -0.25) is 5.41 Å². The van der Waals surface area contributed by atoms with E-state index in [9.17, 15) is 5.11 Å². The van der Waals surface area contributed by atoms with Crippen LogP contribution in [-0.2, 0) is 4.74 Å². The summed E-state index contributed by atoms with van der Waals surface area (Å²) >= 11 is 11.7. The molecule has 1 aromatic rings. The molecular formula is C10H11Cl2NO2. The molecule has 15 heavy (non-hydrogen) atoms. The van der Waals surface area contributed by atoms with Gasteiger partial charge in [-0.15, -0.1) is 0 Å². The molecule has 0 amide bonds. The van der Waals surface area contributed by atoms with Crippen LogP contribution >= 0.6 is 23.2 Å². The first-order valence-electron chi connectivity index (χ1n) is 4.41. The molecule has 1 rings (SSSR count). The van der Waals surface area contributed by atoms with E-state index in [2.05, 4.69) is 0 Å². The van der Waals surface area contributed by atoms with Crippen molar-refractivity contribution in [3.63, 3.8) is 0 Å². The van der Waals surface area contributed by atoms with Gasteiger partial charge in [-0.05, 0) is 19.1 Å². The van der Waals surface area contributed by atoms with Gasteiger partial charge in [0, 0.05) is 15.6 Å². The minimum absolute atomic E-state index is 0.257. The summed E-state index contributed by atoms with van der Waals surface area (Å²) in [5.41, 5.74) is 0.305. The summed E-state index contributed by atoms with van der Waals surface area (Å²) in [6.07, 6.45) is -1.22. The highest BCUT2D eigenvalue weighted by atomic mass is 35.5. The van der Waals surface area contributed by atoms with Crippen LogP contribution in [0.1, 0.15) is 18.6 Å². The van der Waals surface area contributed by atoms with Crippen LogP contribution in [0.4, 0.5) is 0 Å². The van der Waals surface area contributed by atoms with E-state index in [0.717, 1.165) is 0 Å². The van der Waals surface area contributed by atoms with Crippen molar-refractivity contribution >= 4 is 29.1 Å². The van der Waals surface area contributed by atoms with Crippen molar-refractivity contribution in [1.82, 2.24) is 0 Å². The second-order valence-electron chi connectivity index (χ2n) is 2.84. The largest absolute Gasteiger partial charge is 0.479 e. The number of rotatable bonds is 3. The fraction of sp³-hybridized carbons (Fsp3) is 0.300. The second kappa shape index (κ2) is 5.35. The van der Waals surface area contributed by atoms with Gasteiger partial charge in [0.05, 0.1) is 6.61 Å². The van der Waals surface area contributed by atoms with Crippen molar-refractivity contribution in [3.8, 4) is 0 Å². The van der Waals surface area contributed by atoms with Crippen LogP contribution in [0.2, 0.25) is 10.0 Å². The van der Waals surface area contributed by atoms with Gasteiger partial charge in [-0.2, -0.15) is 0 Å². The highest BCUT2D eigenvalue weighted by Crippen LogP contribution is 2.30. The van der Waals surface area contributed by atoms with Crippen molar-refractivity contribution in [1.29, 1.82) is 5.41 Å². The first kappa shape index (κ1) is 12.3. The highest BCUT2D eigenvalue weighted by molar-refractivity contribution is 6.36. The van der Waals surface area contributed by atoms with Gasteiger partial charge in [0.2, 0.25) is 5.90 Å². The molecule has 0 aliphatic carbocycles. The zero-order chi connectivity index (χ0) is 11.4. The first-order chi connectivity index (χ1) is 7.07. The third-order valence-corrected chi connectivity index (χ3v) is 2.48. The molecule has 82 valence electrons. The smallest absolute Gasteiger partial charge is 0.215 e. The molecule has 0 fully saturated rings. The molecule has 0 aliphatic heterocycles. The minimum atomic E-state index is -1.22. The van der Waals surface area contributed by atoms with Crippen molar-refractivity contribution in [2.45, 2.75) is 13.0 Å². The zero-order valence-electron chi connectivity index (χ0n) is 8.13. The summed E-state index contributed by atoms with van der Waals surface area (Å²) in [7, 11) is 0. The fourth-order valence-corrected chi connectivity index (χ4v) is 1.74. The van der Waals surface area contributed by atoms with E-state index in [4.69, 9.17) is 33.3 Å². The average molecular weight is 248 g/mol. The molecule has 0 unspecified atom stereocenters. The molecule has 0 aromatic heterocycles. The molecule has 2 N–H and O–H groups in total. The topological polar surface area (TPSA) is 53.3 Å². The van der Waals surface area contributed by atoms with Crippen molar-refractivity contribution in [3.05, 3.63) is 33.8 Å². The SMILES string of the molecule is CCOC(=N)[C@@H](O)c1c(Cl)cccc1Cl. The Morgan fingerprint density at radius 1 is 1.47 bits per heavy atom. The van der Waals surface area contributed by atoms with Gasteiger partial charge in [-0.25, -0.2) is 0 Å². The van der Waals surface area contributed by atoms with Gasteiger partial charge in [-0.1, -0.05) is 29.3 Å². The number of ether oxygens (including phenoxy) is 1. The molecule has 1 atom stereocenters. The Kier molecular flexibility index (Phi) is 4.39. The summed E-state index contributed by atoms with van der Waals surface area (Å²) in [6, 6.07) is 4.88. The summed E-state index contributed by atoms with van der Waals surface area (Å²) in [4.78, 5) is 0. The molecule has 0 bridgehead atoms. The van der Waals surface area contributed by atoms with E-state index in [1.54, 1.807) is 25.1 Å². The molecule has 1 aromatic carbocycles. The number of nitrogens with one attached hydrogen (secondary N) is 1. The number of halogens is 2. The van der Waals surface area contributed by atoms with E-state index in [-0.39, 0.29) is 5.90 Å². The number of benzene rings is 1. The Bertz CT molecular complexity index is 348. The maximum atomic E-state index is 9.76. The van der Waals surface area contributed by atoms with E-state index in [1.807, 2.05) is 0 Å². The van der Waals surface area contributed by atoms with Crippen LogP contribution in [0.25, 0.3) is 0 Å². The lowest BCUT2D eigenvalue weighted by molar-refractivity contribution is 0.190. The predicted molar refractivity (Wildman–Crippen MR) is 60.8 cm³/mol. The maximum absolute atomic E-state index is 9.76. The second-order valence-corrected chi connectivity index (χ2v) is 3.65. The summed E-state index contributed by atoms with van der Waals surface area (Å²) < 4.78 is 4.88. The van der Waals surface area contributed by atoms with Crippen LogP contribution in [0.15, 0.2) is 18.2 Å². The van der Waals surface area contributed by atoms with E-state index in [0.29, 0.717) is 22.2 Å². The van der Waals surface area contributed by atoms with Crippen molar-refractivity contribution in [2.75, 3.05) is 6.61 Å². The monoisotopic (exact) mass is 247 g/mol. The lowest BCUT2D eigenvalue weighted by Crippen LogP contribution is -2.15. The maximum Gasteiger partial charge on any atom is 0.215 e. The first-order valence-corrected chi connectivity index (χ1v) is 5.16. The van der Waals surface area contributed by atoms with Gasteiger partial charge in [0.1, 0.15) is 0 Å². The van der Waals surface area contributed by atoms with Gasteiger partial charge >= 0.3 is 0 Å². The standard InChI is InChI=1S/C10H11Cl2NO2/c1-2-15-10(13)9(14)8-6(11)4-3-5-7(8)12/h3-5,9,13-14H,2H2,1H3/t9-/m0/s1. The van der Waals surface area contributed by atoms with Crippen LogP contribution < -0.4 is 0 Å². The Morgan fingerprint density at radius 2 is 2.00 bits per heavy atom. The quantitative estimate of drug-likeness (QED) is 0.638. The fourth-order valence-electron chi connectivity index (χ4n) is 1.14. The Balaban J connectivity index is 3.00. The molecule has 0 saturated heterocycles. The average Bonchev–Trinajstić information content (AvgIpc) is 2.17. The van der Waals surface area contributed by atoms with Crippen LogP contribution in [-0.4, -0.2) is 17.6 Å². The summed E-state index contributed by atoms with van der Waals surface area (Å²) in [5, 5.41) is 17.8. The molecule has 0 radical (unpaired) electrons. The predicted octanol–water partition coefficient (Wildman–Crippen LogP) is 3.04. The lowest BCUT2D eigenvalue weighted by Gasteiger charge is -2.15. The molecule has 0 saturated carbocycles. The minimum Gasteiger partial charge on any atom is -0.479 e. The van der Waals surface area contributed by atoms with Crippen molar-refractivity contribution < 1.29 is 9.84 Å². The summed E-state index contributed by atoms with van der Waals surface area (Å²) in [6.45, 7) is 2.05. The molecule has 5 heteroatoms. The molecule has 0 heterocycles. The van der Waals surface area contributed by atoms with E-state index in [1.165, 1.54) is 0 Å². The van der Waals surface area contributed by atoms with Gasteiger partial charge < -0.3 is 9.84 Å². The van der Waals surface area contributed by atoms with Crippen LogP contribution in [0, 0.1) is 5.41 Å². The normalized spacial score (nSPS) is 12.3. The zero-order valence-corrected chi connectivity index (χ0v) is 9.64. The van der Waals surface area contributed by atoms with E-state index < -0.39 is 6.10 Å². The summed E-state index contributed by atoms with van der Waals surface area (Å²) in [5.74, 6) is -0.257. The Hall–Kier alpha value is -0.770.